The number of aliphatic imine (C=N–C) groups is 1. The van der Waals surface area contributed by atoms with Crippen molar-refractivity contribution < 1.29 is 19.5 Å². The fraction of sp³-hybridized carbons (Fsp3) is 0.409. The maximum absolute atomic E-state index is 12.2. The number of piperazine rings is 1. The fourth-order valence-corrected chi connectivity index (χ4v) is 3.52. The number of aryl methyl sites for hydroxylation is 2. The van der Waals surface area contributed by atoms with Gasteiger partial charge in [-0.05, 0) is 31.5 Å². The summed E-state index contributed by atoms with van der Waals surface area (Å²) >= 11 is 0. The molecule has 0 saturated carbocycles. The number of nitrogens with zero attached hydrogens (tertiary/aromatic N) is 4. The number of esters is 1. The summed E-state index contributed by atoms with van der Waals surface area (Å²) in [7, 11) is 2.81. The van der Waals surface area contributed by atoms with E-state index in [1.165, 1.54) is 25.5 Å². The zero-order chi connectivity index (χ0) is 22.4. The van der Waals surface area contributed by atoms with Gasteiger partial charge in [-0.25, -0.2) is 20.3 Å². The molecule has 0 aliphatic carbocycles. The van der Waals surface area contributed by atoms with Crippen LogP contribution in [0.25, 0.3) is 0 Å². The molecule has 31 heavy (non-hydrogen) atoms. The van der Waals surface area contributed by atoms with Crippen LogP contribution in [0.4, 0.5) is 11.4 Å². The van der Waals surface area contributed by atoms with E-state index in [9.17, 15) is 10.0 Å². The van der Waals surface area contributed by atoms with E-state index < -0.39 is 5.97 Å². The van der Waals surface area contributed by atoms with Gasteiger partial charge in [-0.2, -0.15) is 0 Å². The second-order valence-electron chi connectivity index (χ2n) is 7.21. The molecule has 166 valence electrons. The Kier molecular flexibility index (Phi) is 7.30. The molecule has 2 aromatic rings. The number of rotatable bonds is 5. The van der Waals surface area contributed by atoms with Gasteiger partial charge in [0.15, 0.2) is 0 Å². The lowest BCUT2D eigenvalue weighted by molar-refractivity contribution is 0.0599. The van der Waals surface area contributed by atoms with Gasteiger partial charge < -0.3 is 19.3 Å². The zero-order valence-electron chi connectivity index (χ0n) is 18.4. The number of ether oxygens (including phenoxy) is 2. The van der Waals surface area contributed by atoms with E-state index in [-0.39, 0.29) is 11.8 Å². The van der Waals surface area contributed by atoms with Crippen LogP contribution >= 0.6 is 0 Å². The highest BCUT2D eigenvalue weighted by Crippen LogP contribution is 2.29. The summed E-state index contributed by atoms with van der Waals surface area (Å²) in [4.78, 5) is 25.3. The van der Waals surface area contributed by atoms with Crippen molar-refractivity contribution in [1.82, 2.24) is 15.4 Å². The first-order valence-electron chi connectivity index (χ1n) is 10.2. The minimum atomic E-state index is -0.492. The first-order valence-corrected chi connectivity index (χ1v) is 10.2. The van der Waals surface area contributed by atoms with Crippen molar-refractivity contribution >= 4 is 23.3 Å². The number of pyridine rings is 1. The summed E-state index contributed by atoms with van der Waals surface area (Å²) in [6.07, 6.45) is 0.539. The van der Waals surface area contributed by atoms with Crippen LogP contribution in [-0.4, -0.2) is 67.4 Å². The number of aromatic nitrogens is 1. The number of nitrogens with one attached hydrogen (secondary N) is 1. The van der Waals surface area contributed by atoms with Gasteiger partial charge in [-0.3, -0.25) is 5.21 Å². The Hall–Kier alpha value is -3.33. The first-order chi connectivity index (χ1) is 15.0. The van der Waals surface area contributed by atoms with E-state index in [1.807, 2.05) is 11.8 Å². The molecule has 0 amide bonds. The molecule has 2 N–H and O–H groups in total. The van der Waals surface area contributed by atoms with Crippen molar-refractivity contribution in [3.8, 4) is 5.88 Å². The van der Waals surface area contributed by atoms with E-state index in [2.05, 4.69) is 51.5 Å². The van der Waals surface area contributed by atoms with Crippen molar-refractivity contribution in [1.29, 1.82) is 0 Å². The Morgan fingerprint density at radius 2 is 1.87 bits per heavy atom. The van der Waals surface area contributed by atoms with Gasteiger partial charge in [0.05, 0.1) is 25.5 Å². The molecule has 1 aliphatic rings. The molecule has 0 unspecified atom stereocenters. The fourth-order valence-electron chi connectivity index (χ4n) is 3.52. The average Bonchev–Trinajstić information content (AvgIpc) is 2.82. The molecule has 1 aliphatic heterocycles. The molecular formula is C22H29N5O4. The van der Waals surface area contributed by atoms with Gasteiger partial charge in [-0.15, -0.1) is 0 Å². The van der Waals surface area contributed by atoms with Crippen molar-refractivity contribution in [2.75, 3.05) is 45.3 Å². The van der Waals surface area contributed by atoms with Crippen LogP contribution < -0.4 is 15.1 Å². The Balaban J connectivity index is 1.83. The largest absolute Gasteiger partial charge is 0.479 e. The summed E-state index contributed by atoms with van der Waals surface area (Å²) in [5, 5.41) is 9.75. The number of methoxy groups -OCH3 is 2. The van der Waals surface area contributed by atoms with Crippen LogP contribution in [0.2, 0.25) is 0 Å². The number of guanidine groups is 1. The highest BCUT2D eigenvalue weighted by Gasteiger charge is 2.22. The van der Waals surface area contributed by atoms with E-state index in [0.717, 1.165) is 13.1 Å². The molecule has 0 atom stereocenters. The monoisotopic (exact) mass is 427 g/mol. The smallest absolute Gasteiger partial charge is 0.339 e. The number of anilines is 1. The zero-order valence-corrected chi connectivity index (χ0v) is 18.4. The topological polar surface area (TPSA) is 99.5 Å². The summed E-state index contributed by atoms with van der Waals surface area (Å²) in [6.45, 7) is 6.84. The molecule has 9 heteroatoms. The van der Waals surface area contributed by atoms with Crippen molar-refractivity contribution in [2.45, 2.75) is 20.3 Å². The van der Waals surface area contributed by atoms with Crippen LogP contribution in [0.15, 0.2) is 35.3 Å². The third-order valence-corrected chi connectivity index (χ3v) is 5.29. The molecule has 3 rings (SSSR count). The van der Waals surface area contributed by atoms with Crippen LogP contribution in [0, 0.1) is 6.92 Å². The van der Waals surface area contributed by atoms with Gasteiger partial charge in [-0.1, -0.05) is 24.6 Å². The van der Waals surface area contributed by atoms with Crippen LogP contribution in [0.5, 0.6) is 5.88 Å². The van der Waals surface area contributed by atoms with Crippen molar-refractivity contribution in [3.63, 3.8) is 0 Å². The summed E-state index contributed by atoms with van der Waals surface area (Å²) < 4.78 is 10.2. The molecule has 0 radical (unpaired) electrons. The molecule has 0 bridgehead atoms. The Morgan fingerprint density at radius 1 is 1.19 bits per heavy atom. The molecule has 9 nitrogen and oxygen atoms in total. The van der Waals surface area contributed by atoms with Crippen molar-refractivity contribution in [3.05, 3.63) is 47.2 Å². The number of benzene rings is 1. The number of carbonyl (C=O) groups excluding carboxylic acids is 1. The number of carbonyl (C=O) groups is 1. The third-order valence-electron chi connectivity index (χ3n) is 5.29. The molecule has 1 fully saturated rings. The minimum absolute atomic E-state index is 0.267. The van der Waals surface area contributed by atoms with Crippen molar-refractivity contribution in [2.24, 2.45) is 4.99 Å². The van der Waals surface area contributed by atoms with Gasteiger partial charge >= 0.3 is 5.97 Å². The summed E-state index contributed by atoms with van der Waals surface area (Å²) in [6, 6.07) is 10.0. The highest BCUT2D eigenvalue weighted by atomic mass is 16.5. The van der Waals surface area contributed by atoms with E-state index in [0.29, 0.717) is 36.5 Å². The van der Waals surface area contributed by atoms with E-state index >= 15 is 0 Å². The lowest BCUT2D eigenvalue weighted by Gasteiger charge is -2.37. The highest BCUT2D eigenvalue weighted by molar-refractivity contribution is 5.92. The van der Waals surface area contributed by atoms with E-state index in [4.69, 9.17) is 9.47 Å². The second-order valence-corrected chi connectivity index (χ2v) is 7.21. The number of hydroxylamine groups is 1. The molecule has 2 heterocycles. The normalized spacial score (nSPS) is 14.4. The average molecular weight is 428 g/mol. The van der Waals surface area contributed by atoms with Gasteiger partial charge in [0, 0.05) is 31.9 Å². The number of hydrogen-bond acceptors (Lipinski definition) is 7. The first kappa shape index (κ1) is 22.4. The summed E-state index contributed by atoms with van der Waals surface area (Å²) in [5.74, 6) is 0.0490. The van der Waals surface area contributed by atoms with E-state index in [1.54, 1.807) is 6.07 Å². The third kappa shape index (κ3) is 5.05. The van der Waals surface area contributed by atoms with Crippen LogP contribution in [0.3, 0.4) is 0 Å². The standard InChI is InChI=1S/C22H29N5O4/c1-5-18-17(21(28)31-4)14-19(20(23-18)30-3)24-22(25-29)27-12-10-26(11-13-27)16-8-6-15(2)7-9-16/h6-9,14,29H,5,10-13H2,1-4H3,(H,24,25). The van der Waals surface area contributed by atoms with Crippen LogP contribution in [0.1, 0.15) is 28.5 Å². The van der Waals surface area contributed by atoms with Gasteiger partial charge in [0.25, 0.3) is 0 Å². The molecular weight excluding hydrogens is 398 g/mol. The molecule has 1 aromatic carbocycles. The second kappa shape index (κ2) is 10.1. The lowest BCUT2D eigenvalue weighted by Crippen LogP contribution is -2.52. The van der Waals surface area contributed by atoms with Gasteiger partial charge in [0.1, 0.15) is 5.69 Å². The molecule has 1 aromatic heterocycles. The quantitative estimate of drug-likeness (QED) is 0.325. The molecule has 1 saturated heterocycles. The molecule has 0 spiro atoms. The maximum Gasteiger partial charge on any atom is 0.339 e. The predicted octanol–water partition coefficient (Wildman–Crippen LogP) is 2.54. The minimum Gasteiger partial charge on any atom is -0.479 e. The predicted molar refractivity (Wildman–Crippen MR) is 118 cm³/mol. The van der Waals surface area contributed by atoms with Crippen LogP contribution in [-0.2, 0) is 11.2 Å². The Labute approximate surface area is 182 Å². The lowest BCUT2D eigenvalue weighted by atomic mass is 10.1. The maximum atomic E-state index is 12.2. The number of hydrogen-bond donors (Lipinski definition) is 2. The SMILES string of the molecule is CCc1nc(OC)c(N=C(NO)N2CCN(c3ccc(C)cc3)CC2)cc1C(=O)OC. The summed E-state index contributed by atoms with van der Waals surface area (Å²) in [5.41, 5.74) is 5.80. The Morgan fingerprint density at radius 3 is 2.42 bits per heavy atom. The Bertz CT molecular complexity index is 938. The van der Waals surface area contributed by atoms with Gasteiger partial charge in [0.2, 0.25) is 11.8 Å².